The molecule has 0 unspecified atom stereocenters. The van der Waals surface area contributed by atoms with Crippen LogP contribution in [0.5, 0.6) is 5.75 Å². The number of rotatable bonds is 8. The van der Waals surface area contributed by atoms with Crippen LogP contribution in [0.4, 0.5) is 22.0 Å². The molecule has 2 aromatic rings. The van der Waals surface area contributed by atoms with Crippen LogP contribution in [0.3, 0.4) is 0 Å². The van der Waals surface area contributed by atoms with Gasteiger partial charge in [-0.25, -0.2) is 22.0 Å². The number of hydrogen-bond donors (Lipinski definition) is 0. The Balaban J connectivity index is 1.53. The van der Waals surface area contributed by atoms with Crippen molar-refractivity contribution in [3.8, 4) is 5.75 Å². The first kappa shape index (κ1) is 22.5. The Morgan fingerprint density at radius 3 is 2.03 bits per heavy atom. The molecule has 2 aromatic carbocycles. The van der Waals surface area contributed by atoms with Gasteiger partial charge in [0.15, 0.2) is 41.1 Å². The van der Waals surface area contributed by atoms with Gasteiger partial charge in [-0.3, -0.25) is 0 Å². The average Bonchev–Trinajstić information content (AvgIpc) is 2.72. The third-order valence-corrected chi connectivity index (χ3v) is 4.84. The zero-order valence-corrected chi connectivity index (χ0v) is 16.5. The molecular weight excluding hydrogens is 407 g/mol. The van der Waals surface area contributed by atoms with Crippen molar-refractivity contribution in [2.24, 2.45) is 5.92 Å². The molecule has 1 aliphatic rings. The van der Waals surface area contributed by atoms with E-state index < -0.39 is 41.1 Å². The van der Waals surface area contributed by atoms with Crippen LogP contribution in [0.25, 0.3) is 0 Å². The fourth-order valence-electron chi connectivity index (χ4n) is 3.22. The van der Waals surface area contributed by atoms with E-state index in [2.05, 4.69) is 6.92 Å². The molecule has 3 rings (SSSR count). The van der Waals surface area contributed by atoms with Crippen molar-refractivity contribution in [1.82, 2.24) is 0 Å². The van der Waals surface area contributed by atoms with E-state index in [0.717, 1.165) is 31.4 Å². The van der Waals surface area contributed by atoms with Crippen molar-refractivity contribution in [2.45, 2.75) is 38.9 Å². The summed E-state index contributed by atoms with van der Waals surface area (Å²) in [6, 6.07) is 4.14. The summed E-state index contributed by atoms with van der Waals surface area (Å²) in [5.41, 5.74) is 0.582. The Morgan fingerprint density at radius 1 is 0.867 bits per heavy atom. The van der Waals surface area contributed by atoms with Crippen molar-refractivity contribution in [1.29, 1.82) is 0 Å². The largest absolute Gasteiger partial charge is 0.487 e. The van der Waals surface area contributed by atoms with Crippen LogP contribution in [-0.4, -0.2) is 19.8 Å². The summed E-state index contributed by atoms with van der Waals surface area (Å²) in [7, 11) is 0. The van der Waals surface area contributed by atoms with E-state index in [1.54, 1.807) is 0 Å². The lowest BCUT2D eigenvalue weighted by atomic mass is 10.1. The Hall–Kier alpha value is -2.19. The fraction of sp³-hybridized carbons (Fsp3) is 0.455. The van der Waals surface area contributed by atoms with Gasteiger partial charge in [-0.15, -0.1) is 0 Å². The SMILES string of the molecule is CCCCCc1cc(F)c(OCC2COC(c3cc(F)c(F)c(F)c3)OC2)c(F)c1. The number of unbranched alkanes of at least 4 members (excludes halogenated alkanes) is 2. The molecule has 0 aromatic heterocycles. The highest BCUT2D eigenvalue weighted by molar-refractivity contribution is 5.31. The summed E-state index contributed by atoms with van der Waals surface area (Å²) in [6.45, 7) is 2.13. The summed E-state index contributed by atoms with van der Waals surface area (Å²) in [6.07, 6.45) is 2.39. The highest BCUT2D eigenvalue weighted by Crippen LogP contribution is 2.29. The highest BCUT2D eigenvalue weighted by Gasteiger charge is 2.27. The van der Waals surface area contributed by atoms with E-state index in [4.69, 9.17) is 14.2 Å². The summed E-state index contributed by atoms with van der Waals surface area (Å²) in [5, 5.41) is 0. The number of aryl methyl sites for hydroxylation is 1. The molecule has 0 atom stereocenters. The van der Waals surface area contributed by atoms with Crippen molar-refractivity contribution < 1.29 is 36.2 Å². The van der Waals surface area contributed by atoms with Gasteiger partial charge in [-0.2, -0.15) is 0 Å². The van der Waals surface area contributed by atoms with Gasteiger partial charge < -0.3 is 14.2 Å². The molecule has 1 saturated heterocycles. The van der Waals surface area contributed by atoms with E-state index >= 15 is 0 Å². The van der Waals surface area contributed by atoms with E-state index in [1.807, 2.05) is 0 Å². The summed E-state index contributed by atoms with van der Waals surface area (Å²) >= 11 is 0. The lowest BCUT2D eigenvalue weighted by Crippen LogP contribution is -2.31. The minimum atomic E-state index is -1.57. The fourth-order valence-corrected chi connectivity index (χ4v) is 3.22. The molecule has 3 nitrogen and oxygen atoms in total. The van der Waals surface area contributed by atoms with Gasteiger partial charge >= 0.3 is 0 Å². The average molecular weight is 430 g/mol. The normalized spacial score (nSPS) is 19.1. The Morgan fingerprint density at radius 2 is 1.47 bits per heavy atom. The monoisotopic (exact) mass is 430 g/mol. The molecule has 1 aliphatic heterocycles. The van der Waals surface area contributed by atoms with Crippen LogP contribution in [0.15, 0.2) is 24.3 Å². The van der Waals surface area contributed by atoms with Gasteiger partial charge in [0.05, 0.1) is 19.8 Å². The van der Waals surface area contributed by atoms with Crippen LogP contribution >= 0.6 is 0 Å². The maximum Gasteiger partial charge on any atom is 0.194 e. The Bertz CT molecular complexity index is 820. The number of hydrogen-bond acceptors (Lipinski definition) is 3. The molecule has 8 heteroatoms. The van der Waals surface area contributed by atoms with E-state index in [1.165, 1.54) is 12.1 Å². The number of benzene rings is 2. The quantitative estimate of drug-likeness (QED) is 0.299. The van der Waals surface area contributed by atoms with Gasteiger partial charge in [0.25, 0.3) is 0 Å². The van der Waals surface area contributed by atoms with Crippen molar-refractivity contribution in [3.05, 3.63) is 64.5 Å². The summed E-state index contributed by atoms with van der Waals surface area (Å²) in [4.78, 5) is 0. The lowest BCUT2D eigenvalue weighted by molar-refractivity contribution is -0.209. The van der Waals surface area contributed by atoms with Crippen molar-refractivity contribution in [2.75, 3.05) is 19.8 Å². The van der Waals surface area contributed by atoms with Gasteiger partial charge in [0.1, 0.15) is 0 Å². The molecule has 0 bridgehead atoms. The van der Waals surface area contributed by atoms with Crippen molar-refractivity contribution in [3.63, 3.8) is 0 Å². The molecule has 0 radical (unpaired) electrons. The molecular formula is C22H23F5O3. The predicted molar refractivity (Wildman–Crippen MR) is 99.5 cm³/mol. The summed E-state index contributed by atoms with van der Waals surface area (Å²) < 4.78 is 84.4. The molecule has 1 heterocycles. The second-order valence-electron chi connectivity index (χ2n) is 7.32. The molecule has 0 aliphatic carbocycles. The molecule has 164 valence electrons. The molecule has 30 heavy (non-hydrogen) atoms. The van der Waals surface area contributed by atoms with E-state index in [-0.39, 0.29) is 31.3 Å². The zero-order chi connectivity index (χ0) is 21.7. The van der Waals surface area contributed by atoms with Gasteiger partial charge in [-0.1, -0.05) is 19.8 Å². The Labute approximate surface area is 171 Å². The standard InChI is InChI=1S/C22H23F5O3/c1-2-3-4-5-13-6-18(25)21(19(26)7-13)28-10-14-11-29-22(30-12-14)15-8-16(23)20(27)17(24)9-15/h6-9,14,22H,2-5,10-12H2,1H3. The third-order valence-electron chi connectivity index (χ3n) is 4.84. The first-order valence-corrected chi connectivity index (χ1v) is 9.87. The third kappa shape index (κ3) is 5.49. The zero-order valence-electron chi connectivity index (χ0n) is 16.5. The Kier molecular flexibility index (Phi) is 7.66. The van der Waals surface area contributed by atoms with Gasteiger partial charge in [0.2, 0.25) is 0 Å². The predicted octanol–water partition coefficient (Wildman–Crippen LogP) is 5.86. The summed E-state index contributed by atoms with van der Waals surface area (Å²) in [5.74, 6) is -6.60. The number of halogens is 5. The van der Waals surface area contributed by atoms with Gasteiger partial charge in [-0.05, 0) is 42.7 Å². The first-order valence-electron chi connectivity index (χ1n) is 9.87. The van der Waals surface area contributed by atoms with Crippen LogP contribution in [0.1, 0.15) is 43.6 Å². The van der Waals surface area contributed by atoms with Crippen LogP contribution in [-0.2, 0) is 15.9 Å². The lowest BCUT2D eigenvalue weighted by Gasteiger charge is -2.29. The number of ether oxygens (including phenoxy) is 3. The molecule has 0 amide bonds. The molecule has 1 fully saturated rings. The maximum absolute atomic E-state index is 14.2. The van der Waals surface area contributed by atoms with Crippen LogP contribution in [0, 0.1) is 35.0 Å². The topological polar surface area (TPSA) is 27.7 Å². The minimum absolute atomic E-state index is 0.00141. The molecule has 0 N–H and O–H groups in total. The highest BCUT2D eigenvalue weighted by atomic mass is 19.2. The second-order valence-corrected chi connectivity index (χ2v) is 7.32. The maximum atomic E-state index is 14.2. The molecule has 0 spiro atoms. The smallest absolute Gasteiger partial charge is 0.194 e. The second kappa shape index (κ2) is 10.2. The van der Waals surface area contributed by atoms with Crippen LogP contribution < -0.4 is 4.74 Å². The minimum Gasteiger partial charge on any atom is -0.487 e. The van der Waals surface area contributed by atoms with E-state index in [0.29, 0.717) is 12.0 Å². The molecule has 0 saturated carbocycles. The van der Waals surface area contributed by atoms with E-state index in [9.17, 15) is 22.0 Å². The first-order chi connectivity index (χ1) is 14.4. The van der Waals surface area contributed by atoms with Crippen molar-refractivity contribution >= 4 is 0 Å². The van der Waals surface area contributed by atoms with Gasteiger partial charge in [0, 0.05) is 11.5 Å². The van der Waals surface area contributed by atoms with Crippen LogP contribution in [0.2, 0.25) is 0 Å².